The molecule has 0 saturated carbocycles. The molecule has 3 aromatic rings. The molecule has 0 radical (unpaired) electrons. The topological polar surface area (TPSA) is 71.1 Å². The molecular weight excluding hydrogens is 350 g/mol. The second-order valence-corrected chi connectivity index (χ2v) is 7.49. The first-order valence-electron chi connectivity index (χ1n) is 6.74. The number of hydrogen-bond donors (Lipinski definition) is 2. The second kappa shape index (κ2) is 7.03. The molecule has 2 amide bonds. The highest BCUT2D eigenvalue weighted by Gasteiger charge is 2.11. The molecular formula is C15H13N3O2S3. The molecule has 3 rings (SSSR count). The molecule has 0 aliphatic heterocycles. The molecule has 2 N–H and O–H groups in total. The van der Waals surface area contributed by atoms with E-state index < -0.39 is 0 Å². The van der Waals surface area contributed by atoms with Crippen LogP contribution in [0, 0.1) is 0 Å². The van der Waals surface area contributed by atoms with Crippen molar-refractivity contribution in [2.45, 2.75) is 13.5 Å². The molecule has 3 heterocycles. The third-order valence-corrected chi connectivity index (χ3v) is 5.48. The van der Waals surface area contributed by atoms with Crippen LogP contribution in [0.15, 0.2) is 34.3 Å². The second-order valence-electron chi connectivity index (χ2n) is 4.68. The van der Waals surface area contributed by atoms with E-state index in [1.54, 1.807) is 22.8 Å². The van der Waals surface area contributed by atoms with E-state index in [1.165, 1.54) is 29.6 Å². The van der Waals surface area contributed by atoms with Gasteiger partial charge in [0, 0.05) is 22.6 Å². The van der Waals surface area contributed by atoms with Gasteiger partial charge in [0.1, 0.15) is 0 Å². The van der Waals surface area contributed by atoms with Gasteiger partial charge in [-0.15, -0.1) is 22.7 Å². The summed E-state index contributed by atoms with van der Waals surface area (Å²) in [5.41, 5.74) is 1.47. The first-order valence-corrected chi connectivity index (χ1v) is 9.38. The first kappa shape index (κ1) is 15.9. The Morgan fingerprint density at radius 3 is 2.83 bits per heavy atom. The van der Waals surface area contributed by atoms with Crippen molar-refractivity contribution in [3.05, 3.63) is 44.8 Å². The minimum absolute atomic E-state index is 0.0490. The summed E-state index contributed by atoms with van der Waals surface area (Å²) in [6.45, 7) is 2.02. The molecule has 3 aromatic heterocycles. The van der Waals surface area contributed by atoms with E-state index in [0.29, 0.717) is 17.2 Å². The lowest BCUT2D eigenvalue weighted by Gasteiger charge is -1.98. The van der Waals surface area contributed by atoms with Gasteiger partial charge in [-0.3, -0.25) is 14.9 Å². The molecule has 0 spiro atoms. The molecule has 0 atom stereocenters. The maximum atomic E-state index is 12.0. The summed E-state index contributed by atoms with van der Waals surface area (Å²) < 4.78 is 0. The molecule has 0 aliphatic carbocycles. The Labute approximate surface area is 145 Å². The normalized spacial score (nSPS) is 10.5. The predicted molar refractivity (Wildman–Crippen MR) is 95.2 cm³/mol. The van der Waals surface area contributed by atoms with Crippen LogP contribution in [-0.4, -0.2) is 16.8 Å². The van der Waals surface area contributed by atoms with Crippen LogP contribution in [0.4, 0.5) is 5.13 Å². The fourth-order valence-corrected chi connectivity index (χ4v) is 4.15. The van der Waals surface area contributed by atoms with Crippen LogP contribution in [0.1, 0.15) is 22.2 Å². The van der Waals surface area contributed by atoms with Crippen LogP contribution in [0.5, 0.6) is 0 Å². The highest BCUT2D eigenvalue weighted by Crippen LogP contribution is 2.31. The lowest BCUT2D eigenvalue weighted by molar-refractivity contribution is -0.119. The van der Waals surface area contributed by atoms with E-state index >= 15 is 0 Å². The van der Waals surface area contributed by atoms with E-state index in [2.05, 4.69) is 15.6 Å². The molecule has 0 unspecified atom stereocenters. The van der Waals surface area contributed by atoms with Gasteiger partial charge in [0.15, 0.2) is 5.13 Å². The van der Waals surface area contributed by atoms with Gasteiger partial charge in [0.05, 0.1) is 22.7 Å². The van der Waals surface area contributed by atoms with Gasteiger partial charge < -0.3 is 5.32 Å². The number of nitrogens with zero attached hydrogens (tertiary/aromatic N) is 1. The SMILES string of the molecule is CC(=O)NCc1ccc(-c2csc(NC(=O)c3ccsc3)n2)s1. The number of aromatic nitrogens is 1. The zero-order valence-corrected chi connectivity index (χ0v) is 14.6. The zero-order valence-electron chi connectivity index (χ0n) is 12.2. The average Bonchev–Trinajstić information content (AvgIpc) is 3.25. The van der Waals surface area contributed by atoms with Gasteiger partial charge in [-0.05, 0) is 23.6 Å². The van der Waals surface area contributed by atoms with Crippen molar-refractivity contribution in [3.8, 4) is 10.6 Å². The number of thiophene rings is 2. The molecule has 118 valence electrons. The third kappa shape index (κ3) is 4.04. The summed E-state index contributed by atoms with van der Waals surface area (Å²) in [5, 5.41) is 11.7. The lowest BCUT2D eigenvalue weighted by atomic mass is 10.3. The Morgan fingerprint density at radius 1 is 1.22 bits per heavy atom. The summed E-state index contributed by atoms with van der Waals surface area (Å²) in [6, 6.07) is 5.72. The maximum absolute atomic E-state index is 12.0. The predicted octanol–water partition coefficient (Wildman–Crippen LogP) is 3.82. The summed E-state index contributed by atoms with van der Waals surface area (Å²) in [7, 11) is 0. The number of thiazole rings is 1. The van der Waals surface area contributed by atoms with E-state index in [4.69, 9.17) is 0 Å². The van der Waals surface area contributed by atoms with Crippen molar-refractivity contribution in [2.24, 2.45) is 0 Å². The Balaban J connectivity index is 1.67. The lowest BCUT2D eigenvalue weighted by Crippen LogP contribution is -2.17. The molecule has 5 nitrogen and oxygen atoms in total. The number of carbonyl (C=O) groups is 2. The van der Waals surface area contributed by atoms with Gasteiger partial charge >= 0.3 is 0 Å². The van der Waals surface area contributed by atoms with Gasteiger partial charge in [-0.2, -0.15) is 11.3 Å². The number of hydrogen-bond acceptors (Lipinski definition) is 6. The quantitative estimate of drug-likeness (QED) is 0.724. The van der Waals surface area contributed by atoms with Crippen molar-refractivity contribution in [2.75, 3.05) is 5.32 Å². The Bertz CT molecular complexity index is 821. The van der Waals surface area contributed by atoms with Gasteiger partial charge in [-0.25, -0.2) is 4.98 Å². The highest BCUT2D eigenvalue weighted by atomic mass is 32.1. The molecule has 0 aromatic carbocycles. The van der Waals surface area contributed by atoms with E-state index in [1.807, 2.05) is 22.9 Å². The summed E-state index contributed by atoms with van der Waals surface area (Å²) in [4.78, 5) is 29.5. The number of amides is 2. The van der Waals surface area contributed by atoms with Crippen LogP contribution < -0.4 is 10.6 Å². The fourth-order valence-electron chi connectivity index (χ4n) is 1.83. The van der Waals surface area contributed by atoms with Crippen LogP contribution in [0.3, 0.4) is 0 Å². The van der Waals surface area contributed by atoms with Crippen LogP contribution in [-0.2, 0) is 11.3 Å². The summed E-state index contributed by atoms with van der Waals surface area (Å²) in [5.74, 6) is -0.197. The number of rotatable bonds is 5. The van der Waals surface area contributed by atoms with E-state index in [9.17, 15) is 9.59 Å². The highest BCUT2D eigenvalue weighted by molar-refractivity contribution is 7.17. The molecule has 0 aliphatic rings. The van der Waals surface area contributed by atoms with Crippen molar-refractivity contribution < 1.29 is 9.59 Å². The largest absolute Gasteiger partial charge is 0.351 e. The standard InChI is InChI=1S/C15H13N3O2S3/c1-9(19)16-6-11-2-3-13(23-11)12-8-22-15(17-12)18-14(20)10-4-5-21-7-10/h2-5,7-8H,6H2,1H3,(H,16,19)(H,17,18,20). The third-order valence-electron chi connectivity index (χ3n) is 2.93. The van der Waals surface area contributed by atoms with E-state index in [-0.39, 0.29) is 11.8 Å². The Hall–Kier alpha value is -2.03. The zero-order chi connectivity index (χ0) is 16.2. The number of anilines is 1. The molecule has 23 heavy (non-hydrogen) atoms. The molecule has 0 fully saturated rings. The van der Waals surface area contributed by atoms with Crippen LogP contribution >= 0.6 is 34.0 Å². The molecule has 8 heteroatoms. The molecule has 0 saturated heterocycles. The Morgan fingerprint density at radius 2 is 2.09 bits per heavy atom. The van der Waals surface area contributed by atoms with Gasteiger partial charge in [0.25, 0.3) is 5.91 Å². The van der Waals surface area contributed by atoms with Crippen molar-refractivity contribution in [3.63, 3.8) is 0 Å². The maximum Gasteiger partial charge on any atom is 0.258 e. The summed E-state index contributed by atoms with van der Waals surface area (Å²) >= 11 is 4.45. The average molecular weight is 363 g/mol. The fraction of sp³-hybridized carbons (Fsp3) is 0.133. The van der Waals surface area contributed by atoms with Gasteiger partial charge in [0.2, 0.25) is 5.91 Å². The number of nitrogens with one attached hydrogen (secondary N) is 2. The van der Waals surface area contributed by atoms with Gasteiger partial charge in [-0.1, -0.05) is 0 Å². The molecule has 0 bridgehead atoms. The summed E-state index contributed by atoms with van der Waals surface area (Å²) in [6.07, 6.45) is 0. The van der Waals surface area contributed by atoms with Crippen molar-refractivity contribution in [1.29, 1.82) is 0 Å². The number of carbonyl (C=O) groups excluding carboxylic acids is 2. The Kier molecular flexibility index (Phi) is 4.85. The van der Waals surface area contributed by atoms with E-state index in [0.717, 1.165) is 15.4 Å². The van der Waals surface area contributed by atoms with Crippen molar-refractivity contribution >= 4 is 51.0 Å². The monoisotopic (exact) mass is 363 g/mol. The smallest absolute Gasteiger partial charge is 0.258 e. The van der Waals surface area contributed by atoms with Crippen molar-refractivity contribution in [1.82, 2.24) is 10.3 Å². The minimum Gasteiger partial charge on any atom is -0.351 e. The minimum atomic E-state index is -0.148. The van der Waals surface area contributed by atoms with Crippen LogP contribution in [0.2, 0.25) is 0 Å². The first-order chi connectivity index (χ1) is 11.1. The van der Waals surface area contributed by atoms with Crippen LogP contribution in [0.25, 0.3) is 10.6 Å².